The summed E-state index contributed by atoms with van der Waals surface area (Å²) in [7, 11) is 0. The average Bonchev–Trinajstić information content (AvgIpc) is 2.82. The van der Waals surface area contributed by atoms with Crippen LogP contribution in [0, 0.1) is 0 Å². The Labute approximate surface area is 109 Å². The summed E-state index contributed by atoms with van der Waals surface area (Å²) >= 11 is 0. The Hall–Kier alpha value is -1.06. The zero-order chi connectivity index (χ0) is 13.0. The van der Waals surface area contributed by atoms with Gasteiger partial charge >= 0.3 is 0 Å². The third-order valence-corrected chi connectivity index (χ3v) is 3.41. The van der Waals surface area contributed by atoms with Crippen molar-refractivity contribution in [3.63, 3.8) is 0 Å². The van der Waals surface area contributed by atoms with Gasteiger partial charge in [0.15, 0.2) is 0 Å². The van der Waals surface area contributed by atoms with Crippen molar-refractivity contribution in [3.8, 4) is 5.75 Å². The molecule has 100 valence electrons. The average molecular weight is 249 g/mol. The SMILES string of the molecule is CCCOc1ccccc1C(N)C1CCC(C)O1. The van der Waals surface area contributed by atoms with Gasteiger partial charge in [0.1, 0.15) is 5.75 Å². The van der Waals surface area contributed by atoms with Crippen LogP contribution in [-0.2, 0) is 4.74 Å². The summed E-state index contributed by atoms with van der Waals surface area (Å²) in [4.78, 5) is 0. The number of benzene rings is 1. The maximum Gasteiger partial charge on any atom is 0.124 e. The van der Waals surface area contributed by atoms with Crippen LogP contribution in [0.5, 0.6) is 5.75 Å². The third kappa shape index (κ3) is 3.03. The summed E-state index contributed by atoms with van der Waals surface area (Å²) in [6, 6.07) is 7.93. The summed E-state index contributed by atoms with van der Waals surface area (Å²) < 4.78 is 11.6. The van der Waals surface area contributed by atoms with E-state index in [1.54, 1.807) is 0 Å². The van der Waals surface area contributed by atoms with Gasteiger partial charge in [-0.1, -0.05) is 25.1 Å². The predicted molar refractivity (Wildman–Crippen MR) is 72.7 cm³/mol. The molecule has 1 saturated heterocycles. The van der Waals surface area contributed by atoms with Crippen molar-refractivity contribution in [2.45, 2.75) is 51.4 Å². The van der Waals surface area contributed by atoms with Gasteiger partial charge in [0, 0.05) is 5.56 Å². The van der Waals surface area contributed by atoms with Crippen LogP contribution < -0.4 is 10.5 Å². The minimum Gasteiger partial charge on any atom is -0.493 e. The number of para-hydroxylation sites is 1. The van der Waals surface area contributed by atoms with Gasteiger partial charge in [0.2, 0.25) is 0 Å². The van der Waals surface area contributed by atoms with Crippen LogP contribution in [0.4, 0.5) is 0 Å². The number of nitrogens with two attached hydrogens (primary N) is 1. The molecule has 0 bridgehead atoms. The molecule has 2 N–H and O–H groups in total. The molecular formula is C15H23NO2. The maximum absolute atomic E-state index is 6.33. The molecule has 3 heteroatoms. The summed E-state index contributed by atoms with van der Waals surface area (Å²) in [6.07, 6.45) is 3.57. The zero-order valence-corrected chi connectivity index (χ0v) is 11.3. The molecule has 1 heterocycles. The van der Waals surface area contributed by atoms with Crippen molar-refractivity contribution < 1.29 is 9.47 Å². The first-order valence-corrected chi connectivity index (χ1v) is 6.85. The number of hydrogen-bond acceptors (Lipinski definition) is 3. The molecule has 1 aromatic rings. The first-order valence-electron chi connectivity index (χ1n) is 6.85. The van der Waals surface area contributed by atoms with Crippen LogP contribution in [-0.4, -0.2) is 18.8 Å². The predicted octanol–water partition coefficient (Wildman–Crippen LogP) is 3.04. The molecule has 0 aromatic heterocycles. The molecule has 3 unspecified atom stereocenters. The van der Waals surface area contributed by atoms with Crippen LogP contribution >= 0.6 is 0 Å². The van der Waals surface area contributed by atoms with E-state index >= 15 is 0 Å². The Morgan fingerprint density at radius 2 is 2.17 bits per heavy atom. The van der Waals surface area contributed by atoms with E-state index in [1.165, 1.54) is 0 Å². The third-order valence-electron chi connectivity index (χ3n) is 3.41. The lowest BCUT2D eigenvalue weighted by atomic mass is 9.99. The van der Waals surface area contributed by atoms with Gasteiger partial charge in [-0.25, -0.2) is 0 Å². The Morgan fingerprint density at radius 1 is 1.39 bits per heavy atom. The van der Waals surface area contributed by atoms with Crippen LogP contribution in [0.2, 0.25) is 0 Å². The fourth-order valence-electron chi connectivity index (χ4n) is 2.40. The minimum absolute atomic E-state index is 0.0944. The Bertz CT molecular complexity index is 381. The standard InChI is InChI=1S/C15H23NO2/c1-3-10-17-13-7-5-4-6-12(13)15(16)14-9-8-11(2)18-14/h4-7,11,14-15H,3,8-10,16H2,1-2H3. The van der Waals surface area contributed by atoms with Crippen LogP contribution in [0.1, 0.15) is 44.7 Å². The van der Waals surface area contributed by atoms with E-state index in [2.05, 4.69) is 13.8 Å². The van der Waals surface area contributed by atoms with E-state index in [1.807, 2.05) is 24.3 Å². The lowest BCUT2D eigenvalue weighted by molar-refractivity contribution is 0.0395. The van der Waals surface area contributed by atoms with E-state index in [0.717, 1.165) is 37.2 Å². The lowest BCUT2D eigenvalue weighted by Crippen LogP contribution is -2.26. The highest BCUT2D eigenvalue weighted by Crippen LogP contribution is 2.32. The maximum atomic E-state index is 6.33. The molecule has 0 saturated carbocycles. The fourth-order valence-corrected chi connectivity index (χ4v) is 2.40. The van der Waals surface area contributed by atoms with Crippen molar-refractivity contribution in [2.24, 2.45) is 5.73 Å². The van der Waals surface area contributed by atoms with Gasteiger partial charge in [-0.2, -0.15) is 0 Å². The molecular weight excluding hydrogens is 226 g/mol. The number of ether oxygens (including phenoxy) is 2. The summed E-state index contributed by atoms with van der Waals surface area (Å²) in [5, 5.41) is 0. The largest absolute Gasteiger partial charge is 0.493 e. The lowest BCUT2D eigenvalue weighted by Gasteiger charge is -2.22. The molecule has 1 fully saturated rings. The molecule has 1 aromatic carbocycles. The van der Waals surface area contributed by atoms with Crippen LogP contribution in [0.25, 0.3) is 0 Å². The minimum atomic E-state index is -0.0944. The molecule has 1 aliphatic heterocycles. The Balaban J connectivity index is 2.11. The monoisotopic (exact) mass is 249 g/mol. The van der Waals surface area contributed by atoms with Crippen molar-refractivity contribution in [1.29, 1.82) is 0 Å². The first-order chi connectivity index (χ1) is 8.72. The summed E-state index contributed by atoms with van der Waals surface area (Å²) in [5.41, 5.74) is 7.39. The van der Waals surface area contributed by atoms with Gasteiger partial charge in [0.25, 0.3) is 0 Å². The van der Waals surface area contributed by atoms with Crippen molar-refractivity contribution in [2.75, 3.05) is 6.61 Å². The van der Waals surface area contributed by atoms with Crippen molar-refractivity contribution >= 4 is 0 Å². The van der Waals surface area contributed by atoms with Gasteiger partial charge < -0.3 is 15.2 Å². The van der Waals surface area contributed by atoms with Crippen molar-refractivity contribution in [3.05, 3.63) is 29.8 Å². The smallest absolute Gasteiger partial charge is 0.124 e. The highest BCUT2D eigenvalue weighted by atomic mass is 16.5. The molecule has 0 aliphatic carbocycles. The second kappa shape index (κ2) is 6.21. The normalized spacial score (nSPS) is 25.1. The number of rotatable bonds is 5. The van der Waals surface area contributed by atoms with E-state index in [4.69, 9.17) is 15.2 Å². The van der Waals surface area contributed by atoms with Gasteiger partial charge in [-0.15, -0.1) is 0 Å². The Kier molecular flexibility index (Phi) is 4.61. The molecule has 0 amide bonds. The molecule has 0 spiro atoms. The second-order valence-electron chi connectivity index (χ2n) is 4.97. The molecule has 3 atom stereocenters. The second-order valence-corrected chi connectivity index (χ2v) is 4.97. The summed E-state index contributed by atoms with van der Waals surface area (Å²) in [6.45, 7) is 4.93. The van der Waals surface area contributed by atoms with Gasteiger partial charge in [0.05, 0.1) is 24.9 Å². The van der Waals surface area contributed by atoms with Crippen molar-refractivity contribution in [1.82, 2.24) is 0 Å². The van der Waals surface area contributed by atoms with Gasteiger partial charge in [-0.3, -0.25) is 0 Å². The fraction of sp³-hybridized carbons (Fsp3) is 0.600. The van der Waals surface area contributed by atoms with E-state index in [9.17, 15) is 0 Å². The van der Waals surface area contributed by atoms with Gasteiger partial charge in [-0.05, 0) is 32.3 Å². The van der Waals surface area contributed by atoms with E-state index in [-0.39, 0.29) is 12.1 Å². The molecule has 18 heavy (non-hydrogen) atoms. The molecule has 1 aliphatic rings. The van der Waals surface area contributed by atoms with E-state index in [0.29, 0.717) is 6.10 Å². The summed E-state index contributed by atoms with van der Waals surface area (Å²) in [5.74, 6) is 0.898. The number of hydrogen-bond donors (Lipinski definition) is 1. The quantitative estimate of drug-likeness (QED) is 0.872. The first kappa shape index (κ1) is 13.4. The highest BCUT2D eigenvalue weighted by Gasteiger charge is 2.29. The molecule has 3 nitrogen and oxygen atoms in total. The Morgan fingerprint density at radius 3 is 2.83 bits per heavy atom. The topological polar surface area (TPSA) is 44.5 Å². The highest BCUT2D eigenvalue weighted by molar-refractivity contribution is 5.36. The van der Waals surface area contributed by atoms with E-state index < -0.39 is 0 Å². The zero-order valence-electron chi connectivity index (χ0n) is 11.3. The van der Waals surface area contributed by atoms with Crippen LogP contribution in [0.3, 0.4) is 0 Å². The van der Waals surface area contributed by atoms with Crippen LogP contribution in [0.15, 0.2) is 24.3 Å². The molecule has 2 rings (SSSR count). The molecule has 0 radical (unpaired) electrons.